The Morgan fingerprint density at radius 3 is 2.73 bits per heavy atom. The Morgan fingerprint density at radius 1 is 1.15 bits per heavy atom. The molecule has 0 aliphatic carbocycles. The molecular weight excluding hydrogens is 437 g/mol. The lowest BCUT2D eigenvalue weighted by atomic mass is 10.0. The summed E-state index contributed by atoms with van der Waals surface area (Å²) in [5, 5.41) is 3.47. The molecule has 2 aromatic heterocycles. The summed E-state index contributed by atoms with van der Waals surface area (Å²) in [6.45, 7) is 4.66. The van der Waals surface area contributed by atoms with Crippen LogP contribution in [-0.4, -0.2) is 33.8 Å². The normalized spacial score (nSPS) is 14.1. The number of rotatable bonds is 2. The molecule has 1 aliphatic heterocycles. The number of aromatic nitrogens is 2. The second-order valence-corrected chi connectivity index (χ2v) is 6.47. The van der Waals surface area contributed by atoms with E-state index in [0.29, 0.717) is 6.54 Å². The van der Waals surface area contributed by atoms with Crippen LogP contribution in [0.2, 0.25) is 0 Å². The van der Waals surface area contributed by atoms with Gasteiger partial charge in [-0.1, -0.05) is 30.3 Å². The molecule has 0 spiro atoms. The maximum atomic E-state index is 4.69. The Hall–Kier alpha value is -2.09. The largest absolute Gasteiger partial charge is 0.351 e. The molecule has 0 atom stereocenters. The number of fused-ring (bicyclic) bond motifs is 2. The van der Waals surface area contributed by atoms with E-state index in [-0.39, 0.29) is 24.0 Å². The predicted molar refractivity (Wildman–Crippen MR) is 116 cm³/mol. The molecule has 0 radical (unpaired) electrons. The second-order valence-electron chi connectivity index (χ2n) is 6.47. The minimum absolute atomic E-state index is 0. The Balaban J connectivity index is 0.00000196. The van der Waals surface area contributed by atoms with Gasteiger partial charge in [0.2, 0.25) is 0 Å². The number of hydrogen-bond donors (Lipinski definition) is 1. The van der Waals surface area contributed by atoms with Crippen molar-refractivity contribution in [2.75, 3.05) is 13.6 Å². The van der Waals surface area contributed by atoms with E-state index in [4.69, 9.17) is 0 Å². The highest BCUT2D eigenvalue weighted by Crippen LogP contribution is 2.18. The number of halogens is 1. The SMILES string of the molecule is CN=C(NCc1cn2c(C)cccc2n1)N1CCc2ccccc2C1.I. The van der Waals surface area contributed by atoms with Crippen molar-refractivity contribution in [3.8, 4) is 0 Å². The van der Waals surface area contributed by atoms with Crippen molar-refractivity contribution in [1.82, 2.24) is 19.6 Å². The molecule has 3 aromatic rings. The zero-order valence-corrected chi connectivity index (χ0v) is 17.5. The zero-order chi connectivity index (χ0) is 17.2. The molecule has 3 heterocycles. The van der Waals surface area contributed by atoms with Gasteiger partial charge in [-0.15, -0.1) is 24.0 Å². The third kappa shape index (κ3) is 3.70. The molecule has 1 N–H and O–H groups in total. The summed E-state index contributed by atoms with van der Waals surface area (Å²) < 4.78 is 2.12. The van der Waals surface area contributed by atoms with Gasteiger partial charge in [0, 0.05) is 32.0 Å². The summed E-state index contributed by atoms with van der Waals surface area (Å²) in [4.78, 5) is 11.5. The third-order valence-corrected chi connectivity index (χ3v) is 4.82. The van der Waals surface area contributed by atoms with Gasteiger partial charge >= 0.3 is 0 Å². The molecule has 136 valence electrons. The highest BCUT2D eigenvalue weighted by molar-refractivity contribution is 14.0. The van der Waals surface area contributed by atoms with Crippen LogP contribution in [0.15, 0.2) is 53.7 Å². The third-order valence-electron chi connectivity index (χ3n) is 4.82. The van der Waals surface area contributed by atoms with E-state index in [9.17, 15) is 0 Å². The predicted octanol–water partition coefficient (Wildman–Crippen LogP) is 3.39. The first-order valence-electron chi connectivity index (χ1n) is 8.70. The van der Waals surface area contributed by atoms with E-state index in [1.165, 1.54) is 16.8 Å². The molecule has 1 aliphatic rings. The number of guanidine groups is 1. The van der Waals surface area contributed by atoms with E-state index < -0.39 is 0 Å². The van der Waals surface area contributed by atoms with Gasteiger partial charge in [0.15, 0.2) is 5.96 Å². The van der Waals surface area contributed by atoms with E-state index >= 15 is 0 Å². The second kappa shape index (κ2) is 8.07. The van der Waals surface area contributed by atoms with Gasteiger partial charge < -0.3 is 14.6 Å². The van der Waals surface area contributed by atoms with Crippen molar-refractivity contribution in [1.29, 1.82) is 0 Å². The standard InChI is InChI=1S/C20H23N5.HI/c1-15-6-5-9-19-23-18(14-25(15)19)12-22-20(21-2)24-11-10-16-7-3-4-8-17(16)13-24;/h3-9,14H,10-13H2,1-2H3,(H,21,22);1H. The minimum Gasteiger partial charge on any atom is -0.351 e. The minimum atomic E-state index is 0. The molecule has 6 heteroatoms. The van der Waals surface area contributed by atoms with Crippen molar-refractivity contribution < 1.29 is 0 Å². The maximum absolute atomic E-state index is 4.69. The first kappa shape index (κ1) is 18.7. The maximum Gasteiger partial charge on any atom is 0.194 e. The van der Waals surface area contributed by atoms with E-state index in [0.717, 1.165) is 36.8 Å². The highest BCUT2D eigenvalue weighted by Gasteiger charge is 2.18. The van der Waals surface area contributed by atoms with Crippen molar-refractivity contribution in [2.45, 2.75) is 26.4 Å². The van der Waals surface area contributed by atoms with Gasteiger partial charge in [0.25, 0.3) is 0 Å². The fourth-order valence-corrected chi connectivity index (χ4v) is 3.46. The van der Waals surface area contributed by atoms with Gasteiger partial charge in [0.05, 0.1) is 12.2 Å². The molecule has 0 bridgehead atoms. The Morgan fingerprint density at radius 2 is 1.96 bits per heavy atom. The average Bonchev–Trinajstić information content (AvgIpc) is 3.07. The summed E-state index contributed by atoms with van der Waals surface area (Å²) >= 11 is 0. The van der Waals surface area contributed by atoms with Crippen LogP contribution in [0.3, 0.4) is 0 Å². The summed E-state index contributed by atoms with van der Waals surface area (Å²) in [7, 11) is 1.84. The first-order valence-corrected chi connectivity index (χ1v) is 8.70. The monoisotopic (exact) mass is 461 g/mol. The molecule has 4 rings (SSSR count). The smallest absolute Gasteiger partial charge is 0.194 e. The number of nitrogens with one attached hydrogen (secondary N) is 1. The number of benzene rings is 1. The van der Waals surface area contributed by atoms with Crippen LogP contribution in [0, 0.1) is 6.92 Å². The highest BCUT2D eigenvalue weighted by atomic mass is 127. The lowest BCUT2D eigenvalue weighted by molar-refractivity contribution is 0.378. The Bertz CT molecular complexity index is 931. The van der Waals surface area contributed by atoms with Crippen LogP contribution >= 0.6 is 24.0 Å². The van der Waals surface area contributed by atoms with Gasteiger partial charge in [-0.2, -0.15) is 0 Å². The van der Waals surface area contributed by atoms with Crippen LogP contribution in [0.25, 0.3) is 5.65 Å². The van der Waals surface area contributed by atoms with Crippen LogP contribution in [0.4, 0.5) is 0 Å². The van der Waals surface area contributed by atoms with Gasteiger partial charge in [-0.05, 0) is 36.6 Å². The van der Waals surface area contributed by atoms with Gasteiger partial charge in [-0.3, -0.25) is 4.99 Å². The summed E-state index contributed by atoms with van der Waals surface area (Å²) in [6, 6.07) is 14.8. The molecule has 0 saturated heterocycles. The first-order chi connectivity index (χ1) is 12.2. The summed E-state index contributed by atoms with van der Waals surface area (Å²) in [6.07, 6.45) is 3.15. The molecule has 0 fully saturated rings. The van der Waals surface area contributed by atoms with Gasteiger partial charge in [-0.25, -0.2) is 4.98 Å². The zero-order valence-electron chi connectivity index (χ0n) is 15.1. The fourth-order valence-electron chi connectivity index (χ4n) is 3.46. The summed E-state index contributed by atoms with van der Waals surface area (Å²) in [5.74, 6) is 0.934. The summed E-state index contributed by atoms with van der Waals surface area (Å²) in [5.41, 5.74) is 6.03. The molecule has 0 unspecified atom stereocenters. The van der Waals surface area contributed by atoms with Crippen molar-refractivity contribution in [2.24, 2.45) is 4.99 Å². The van der Waals surface area contributed by atoms with Crippen LogP contribution in [0.1, 0.15) is 22.5 Å². The van der Waals surface area contributed by atoms with Crippen LogP contribution in [-0.2, 0) is 19.5 Å². The molecular formula is C20H24IN5. The number of aliphatic imine (C=N–C) groups is 1. The molecule has 0 saturated carbocycles. The van der Waals surface area contributed by atoms with Crippen molar-refractivity contribution in [3.05, 3.63) is 71.2 Å². The van der Waals surface area contributed by atoms with E-state index in [1.807, 2.05) is 19.2 Å². The van der Waals surface area contributed by atoms with Crippen LogP contribution < -0.4 is 5.32 Å². The quantitative estimate of drug-likeness (QED) is 0.362. The number of imidazole rings is 1. The number of hydrogen-bond acceptors (Lipinski definition) is 2. The molecule has 26 heavy (non-hydrogen) atoms. The van der Waals surface area contributed by atoms with Gasteiger partial charge in [0.1, 0.15) is 5.65 Å². The number of pyridine rings is 1. The fraction of sp³-hybridized carbons (Fsp3) is 0.300. The Kier molecular flexibility index (Phi) is 5.80. The average molecular weight is 461 g/mol. The number of nitrogens with zero attached hydrogens (tertiary/aromatic N) is 4. The topological polar surface area (TPSA) is 44.9 Å². The van der Waals surface area contributed by atoms with Crippen LogP contribution in [0.5, 0.6) is 0 Å². The lowest BCUT2D eigenvalue weighted by Gasteiger charge is -2.31. The van der Waals surface area contributed by atoms with Crippen molar-refractivity contribution in [3.63, 3.8) is 0 Å². The lowest BCUT2D eigenvalue weighted by Crippen LogP contribution is -2.43. The Labute approximate surface area is 171 Å². The van der Waals surface area contributed by atoms with Crippen molar-refractivity contribution >= 4 is 35.6 Å². The van der Waals surface area contributed by atoms with E-state index in [1.54, 1.807) is 0 Å². The molecule has 1 aromatic carbocycles. The molecule has 5 nitrogen and oxygen atoms in total. The molecule has 0 amide bonds. The number of aryl methyl sites for hydroxylation is 1. The van der Waals surface area contributed by atoms with E-state index in [2.05, 4.69) is 68.0 Å².